The van der Waals surface area contributed by atoms with E-state index in [4.69, 9.17) is 10.5 Å². The normalized spacial score (nSPS) is 10.8. The zero-order valence-electron chi connectivity index (χ0n) is 11.6. The van der Waals surface area contributed by atoms with E-state index >= 15 is 0 Å². The van der Waals surface area contributed by atoms with Gasteiger partial charge in [0.15, 0.2) is 5.01 Å². The molecule has 2 heterocycles. The fourth-order valence-electron chi connectivity index (χ4n) is 2.19. The molecule has 0 saturated carbocycles. The third-order valence-corrected chi connectivity index (χ3v) is 4.25. The Balaban J connectivity index is 2.31. The number of thiazole rings is 1. The minimum Gasteiger partial charge on any atom is -0.494 e. The Labute approximate surface area is 125 Å². The van der Waals surface area contributed by atoms with Crippen LogP contribution in [0.5, 0.6) is 5.75 Å². The van der Waals surface area contributed by atoms with Crippen LogP contribution in [-0.2, 0) is 0 Å². The van der Waals surface area contributed by atoms with Crippen molar-refractivity contribution in [3.05, 3.63) is 41.2 Å². The SMILES string of the molecule is COc1ccc(-c2ccnc(C)c2)c2sc(C(N)=O)nc12. The Morgan fingerprint density at radius 2 is 2.14 bits per heavy atom. The second-order valence-corrected chi connectivity index (χ2v) is 5.56. The van der Waals surface area contributed by atoms with Gasteiger partial charge >= 0.3 is 0 Å². The van der Waals surface area contributed by atoms with Gasteiger partial charge in [0.2, 0.25) is 0 Å². The molecule has 0 aliphatic rings. The van der Waals surface area contributed by atoms with Crippen LogP contribution < -0.4 is 10.5 Å². The fourth-order valence-corrected chi connectivity index (χ4v) is 3.16. The molecule has 0 aliphatic carbocycles. The summed E-state index contributed by atoms with van der Waals surface area (Å²) in [5.74, 6) is 0.0957. The number of aromatic nitrogens is 2. The fraction of sp³-hybridized carbons (Fsp3) is 0.133. The number of carbonyl (C=O) groups excluding carboxylic acids is 1. The van der Waals surface area contributed by atoms with Crippen LogP contribution >= 0.6 is 11.3 Å². The average Bonchev–Trinajstić information content (AvgIpc) is 2.91. The molecule has 5 nitrogen and oxygen atoms in total. The maximum Gasteiger partial charge on any atom is 0.277 e. The third-order valence-electron chi connectivity index (χ3n) is 3.14. The first-order valence-electron chi connectivity index (χ1n) is 6.30. The molecule has 0 radical (unpaired) electrons. The lowest BCUT2D eigenvalue weighted by Crippen LogP contribution is -2.09. The van der Waals surface area contributed by atoms with Crippen molar-refractivity contribution in [2.24, 2.45) is 5.73 Å². The number of nitrogens with two attached hydrogens (primary N) is 1. The molecule has 3 aromatic rings. The highest BCUT2D eigenvalue weighted by molar-refractivity contribution is 7.20. The number of amides is 1. The standard InChI is InChI=1S/C15H13N3O2S/c1-8-7-9(5-6-17-8)10-3-4-11(20-2)12-13(10)21-15(18-12)14(16)19/h3-7H,1-2H3,(H2,16,19). The van der Waals surface area contributed by atoms with Crippen LogP contribution in [0.1, 0.15) is 15.5 Å². The first kappa shape index (κ1) is 13.5. The van der Waals surface area contributed by atoms with Gasteiger partial charge in [-0.2, -0.15) is 0 Å². The van der Waals surface area contributed by atoms with Gasteiger partial charge in [-0.1, -0.05) is 0 Å². The molecule has 1 amide bonds. The first-order chi connectivity index (χ1) is 10.1. The van der Waals surface area contributed by atoms with E-state index in [0.29, 0.717) is 11.3 Å². The van der Waals surface area contributed by atoms with Gasteiger partial charge in [-0.25, -0.2) is 4.98 Å². The molecule has 21 heavy (non-hydrogen) atoms. The first-order valence-corrected chi connectivity index (χ1v) is 7.12. The zero-order chi connectivity index (χ0) is 15.0. The van der Waals surface area contributed by atoms with Crippen molar-refractivity contribution in [3.63, 3.8) is 0 Å². The summed E-state index contributed by atoms with van der Waals surface area (Å²) in [7, 11) is 1.58. The predicted molar refractivity (Wildman–Crippen MR) is 82.7 cm³/mol. The van der Waals surface area contributed by atoms with Crippen LogP contribution in [0.2, 0.25) is 0 Å². The highest BCUT2D eigenvalue weighted by Crippen LogP contribution is 2.37. The molecule has 0 saturated heterocycles. The van der Waals surface area contributed by atoms with E-state index in [9.17, 15) is 4.79 Å². The number of pyridine rings is 1. The number of fused-ring (bicyclic) bond motifs is 1. The molecule has 0 aliphatic heterocycles. The molecule has 0 unspecified atom stereocenters. The maximum atomic E-state index is 11.4. The lowest BCUT2D eigenvalue weighted by molar-refractivity contribution is 0.1000. The topological polar surface area (TPSA) is 78.1 Å². The molecule has 0 spiro atoms. The summed E-state index contributed by atoms with van der Waals surface area (Å²) in [6.07, 6.45) is 1.76. The monoisotopic (exact) mass is 299 g/mol. The summed E-state index contributed by atoms with van der Waals surface area (Å²) < 4.78 is 6.20. The number of hydrogen-bond donors (Lipinski definition) is 1. The Morgan fingerprint density at radius 1 is 1.33 bits per heavy atom. The number of primary amides is 1. The summed E-state index contributed by atoms with van der Waals surface area (Å²) >= 11 is 1.28. The Kier molecular flexibility index (Phi) is 3.31. The van der Waals surface area contributed by atoms with Crippen LogP contribution in [0, 0.1) is 6.92 Å². The van der Waals surface area contributed by atoms with E-state index in [0.717, 1.165) is 21.5 Å². The summed E-state index contributed by atoms with van der Waals surface area (Å²) in [6, 6.07) is 7.72. The molecule has 106 valence electrons. The van der Waals surface area contributed by atoms with Crippen LogP contribution in [0.25, 0.3) is 21.3 Å². The van der Waals surface area contributed by atoms with E-state index < -0.39 is 5.91 Å². The highest BCUT2D eigenvalue weighted by atomic mass is 32.1. The number of benzene rings is 1. The third kappa shape index (κ3) is 2.34. The summed E-state index contributed by atoms with van der Waals surface area (Å²) in [5, 5.41) is 0.279. The van der Waals surface area contributed by atoms with Gasteiger partial charge < -0.3 is 10.5 Å². The molecule has 2 aromatic heterocycles. The molecular formula is C15H13N3O2S. The van der Waals surface area contributed by atoms with E-state index in [1.165, 1.54) is 11.3 Å². The van der Waals surface area contributed by atoms with Crippen LogP contribution in [0.3, 0.4) is 0 Å². The van der Waals surface area contributed by atoms with Crippen molar-refractivity contribution in [1.82, 2.24) is 9.97 Å². The number of rotatable bonds is 3. The predicted octanol–water partition coefficient (Wildman–Crippen LogP) is 2.77. The molecule has 2 N–H and O–H groups in total. The van der Waals surface area contributed by atoms with Gasteiger partial charge in [-0.3, -0.25) is 9.78 Å². The molecule has 0 fully saturated rings. The lowest BCUT2D eigenvalue weighted by Gasteiger charge is -2.06. The van der Waals surface area contributed by atoms with Crippen LogP contribution in [0.15, 0.2) is 30.5 Å². The van der Waals surface area contributed by atoms with Gasteiger partial charge in [0.1, 0.15) is 11.3 Å². The van der Waals surface area contributed by atoms with Gasteiger partial charge in [-0.05, 0) is 36.8 Å². The lowest BCUT2D eigenvalue weighted by atomic mass is 10.1. The quantitative estimate of drug-likeness (QED) is 0.806. The van der Waals surface area contributed by atoms with Gasteiger partial charge in [0.25, 0.3) is 5.91 Å². The van der Waals surface area contributed by atoms with Gasteiger partial charge in [0.05, 0.1) is 11.8 Å². The van der Waals surface area contributed by atoms with Crippen LogP contribution in [0.4, 0.5) is 0 Å². The summed E-state index contributed by atoms with van der Waals surface area (Å²) in [5.41, 5.74) is 8.93. The number of ether oxygens (including phenoxy) is 1. The number of nitrogens with zero attached hydrogens (tertiary/aromatic N) is 2. The zero-order valence-corrected chi connectivity index (χ0v) is 12.4. The summed E-state index contributed by atoms with van der Waals surface area (Å²) in [6.45, 7) is 1.94. The molecule has 6 heteroatoms. The highest BCUT2D eigenvalue weighted by Gasteiger charge is 2.16. The number of carbonyl (C=O) groups is 1. The minimum atomic E-state index is -0.532. The van der Waals surface area contributed by atoms with Crippen molar-refractivity contribution in [2.75, 3.05) is 7.11 Å². The van der Waals surface area contributed by atoms with Crippen molar-refractivity contribution < 1.29 is 9.53 Å². The van der Waals surface area contributed by atoms with Crippen molar-refractivity contribution in [3.8, 4) is 16.9 Å². The van der Waals surface area contributed by atoms with E-state index in [1.807, 2.05) is 31.2 Å². The minimum absolute atomic E-state index is 0.279. The number of methoxy groups -OCH3 is 1. The molecule has 1 aromatic carbocycles. The average molecular weight is 299 g/mol. The largest absolute Gasteiger partial charge is 0.494 e. The van der Waals surface area contributed by atoms with E-state index in [-0.39, 0.29) is 5.01 Å². The van der Waals surface area contributed by atoms with Crippen molar-refractivity contribution >= 4 is 27.5 Å². The van der Waals surface area contributed by atoms with Crippen LogP contribution in [-0.4, -0.2) is 23.0 Å². The second kappa shape index (κ2) is 5.14. The van der Waals surface area contributed by atoms with Gasteiger partial charge in [0, 0.05) is 17.5 Å². The van der Waals surface area contributed by atoms with E-state index in [2.05, 4.69) is 9.97 Å². The number of hydrogen-bond acceptors (Lipinski definition) is 5. The molecule has 0 atom stereocenters. The van der Waals surface area contributed by atoms with E-state index in [1.54, 1.807) is 13.3 Å². The number of aryl methyl sites for hydroxylation is 1. The Morgan fingerprint density at radius 3 is 2.81 bits per heavy atom. The smallest absolute Gasteiger partial charge is 0.277 e. The Hall–Kier alpha value is -2.47. The maximum absolute atomic E-state index is 11.4. The molecular weight excluding hydrogens is 286 g/mol. The van der Waals surface area contributed by atoms with Gasteiger partial charge in [-0.15, -0.1) is 11.3 Å². The Bertz CT molecular complexity index is 842. The second-order valence-electron chi connectivity index (χ2n) is 4.56. The summed E-state index contributed by atoms with van der Waals surface area (Å²) in [4.78, 5) is 19.9. The molecule has 0 bridgehead atoms. The van der Waals surface area contributed by atoms with Crippen molar-refractivity contribution in [1.29, 1.82) is 0 Å². The van der Waals surface area contributed by atoms with Crippen molar-refractivity contribution in [2.45, 2.75) is 6.92 Å². The molecule has 3 rings (SSSR count).